The zero-order valence-electron chi connectivity index (χ0n) is 17.8. The SMILES string of the molecule is COc1ccc(N2C[C@H](c3nc4ccccc4n3Cc3ccccc3C)CC2=O)cc1. The molecule has 0 unspecified atom stereocenters. The summed E-state index contributed by atoms with van der Waals surface area (Å²) in [4.78, 5) is 19.7. The van der Waals surface area contributed by atoms with E-state index in [0.717, 1.165) is 34.8 Å². The van der Waals surface area contributed by atoms with Gasteiger partial charge >= 0.3 is 0 Å². The van der Waals surface area contributed by atoms with Crippen LogP contribution in [0.25, 0.3) is 11.0 Å². The number of methoxy groups -OCH3 is 1. The number of ether oxygens (including phenoxy) is 1. The van der Waals surface area contributed by atoms with Gasteiger partial charge in [0.1, 0.15) is 11.6 Å². The molecule has 0 radical (unpaired) electrons. The number of para-hydroxylation sites is 2. The molecule has 0 N–H and O–H groups in total. The highest BCUT2D eigenvalue weighted by molar-refractivity contribution is 5.96. The average Bonchev–Trinajstić information content (AvgIpc) is 3.36. The number of anilines is 1. The standard InChI is InChI=1S/C26H25N3O2/c1-18-7-3-4-8-19(18)16-29-24-10-6-5-9-23(24)27-26(29)20-15-25(30)28(17-20)21-11-13-22(31-2)14-12-21/h3-14,20H,15-17H2,1-2H3/t20-/m1/s1. The Labute approximate surface area is 181 Å². The average molecular weight is 412 g/mol. The van der Waals surface area contributed by atoms with Crippen LogP contribution in [0.5, 0.6) is 5.75 Å². The van der Waals surface area contributed by atoms with Crippen LogP contribution in [0.3, 0.4) is 0 Å². The highest BCUT2D eigenvalue weighted by Gasteiger charge is 2.34. The van der Waals surface area contributed by atoms with Gasteiger partial charge in [-0.05, 0) is 54.4 Å². The second-order valence-electron chi connectivity index (χ2n) is 8.07. The smallest absolute Gasteiger partial charge is 0.227 e. The lowest BCUT2D eigenvalue weighted by atomic mass is 10.1. The molecule has 1 aliphatic heterocycles. The first kappa shape index (κ1) is 19.4. The van der Waals surface area contributed by atoms with Crippen molar-refractivity contribution in [3.8, 4) is 5.75 Å². The van der Waals surface area contributed by atoms with Gasteiger partial charge in [-0.3, -0.25) is 4.79 Å². The topological polar surface area (TPSA) is 47.4 Å². The second kappa shape index (κ2) is 7.91. The fraction of sp³-hybridized carbons (Fsp3) is 0.231. The number of amides is 1. The van der Waals surface area contributed by atoms with E-state index in [0.29, 0.717) is 13.0 Å². The van der Waals surface area contributed by atoms with Crippen molar-refractivity contribution in [3.05, 3.63) is 89.7 Å². The number of carbonyl (C=O) groups is 1. The maximum atomic E-state index is 12.9. The Bertz CT molecular complexity index is 1240. The van der Waals surface area contributed by atoms with E-state index in [9.17, 15) is 4.79 Å². The molecule has 1 aliphatic rings. The lowest BCUT2D eigenvalue weighted by Gasteiger charge is -2.18. The van der Waals surface area contributed by atoms with E-state index < -0.39 is 0 Å². The third-order valence-electron chi connectivity index (χ3n) is 6.15. The summed E-state index contributed by atoms with van der Waals surface area (Å²) in [6, 6.07) is 24.3. The van der Waals surface area contributed by atoms with E-state index in [2.05, 4.69) is 41.8 Å². The van der Waals surface area contributed by atoms with E-state index in [4.69, 9.17) is 9.72 Å². The summed E-state index contributed by atoms with van der Waals surface area (Å²) in [6.45, 7) is 3.51. The third-order valence-corrected chi connectivity index (χ3v) is 6.15. The van der Waals surface area contributed by atoms with Crippen LogP contribution in [-0.2, 0) is 11.3 Å². The van der Waals surface area contributed by atoms with Crippen molar-refractivity contribution in [1.29, 1.82) is 0 Å². The second-order valence-corrected chi connectivity index (χ2v) is 8.07. The molecular weight excluding hydrogens is 386 g/mol. The molecule has 0 spiro atoms. The summed E-state index contributed by atoms with van der Waals surface area (Å²) >= 11 is 0. The molecule has 5 nitrogen and oxygen atoms in total. The predicted octanol–water partition coefficient (Wildman–Crippen LogP) is 4.92. The number of nitrogens with zero attached hydrogens (tertiary/aromatic N) is 3. The molecule has 0 aliphatic carbocycles. The largest absolute Gasteiger partial charge is 0.497 e. The highest BCUT2D eigenvalue weighted by Crippen LogP contribution is 2.34. The lowest BCUT2D eigenvalue weighted by molar-refractivity contribution is -0.117. The van der Waals surface area contributed by atoms with Crippen LogP contribution in [0.1, 0.15) is 29.3 Å². The van der Waals surface area contributed by atoms with Crippen LogP contribution in [0.2, 0.25) is 0 Å². The van der Waals surface area contributed by atoms with Gasteiger partial charge in [-0.15, -0.1) is 0 Å². The fourth-order valence-electron chi connectivity index (χ4n) is 4.42. The predicted molar refractivity (Wildman–Crippen MR) is 123 cm³/mol. The zero-order chi connectivity index (χ0) is 21.4. The molecule has 1 atom stereocenters. The number of fused-ring (bicyclic) bond motifs is 1. The molecule has 1 fully saturated rings. The molecule has 0 saturated carbocycles. The van der Waals surface area contributed by atoms with Crippen molar-refractivity contribution in [3.63, 3.8) is 0 Å². The first-order valence-corrected chi connectivity index (χ1v) is 10.6. The Morgan fingerprint density at radius 2 is 1.74 bits per heavy atom. The summed E-state index contributed by atoms with van der Waals surface area (Å²) in [5.74, 6) is 1.94. The van der Waals surface area contributed by atoms with E-state index in [-0.39, 0.29) is 11.8 Å². The lowest BCUT2D eigenvalue weighted by Crippen LogP contribution is -2.24. The summed E-state index contributed by atoms with van der Waals surface area (Å²) in [6.07, 6.45) is 0.461. The van der Waals surface area contributed by atoms with Gasteiger partial charge < -0.3 is 14.2 Å². The summed E-state index contributed by atoms with van der Waals surface area (Å²) < 4.78 is 7.53. The van der Waals surface area contributed by atoms with E-state index in [1.807, 2.05) is 47.4 Å². The maximum Gasteiger partial charge on any atom is 0.227 e. The third kappa shape index (κ3) is 3.56. The minimum Gasteiger partial charge on any atom is -0.497 e. The van der Waals surface area contributed by atoms with Gasteiger partial charge in [0.2, 0.25) is 5.91 Å². The van der Waals surface area contributed by atoms with Crippen molar-refractivity contribution < 1.29 is 9.53 Å². The van der Waals surface area contributed by atoms with Gasteiger partial charge in [0, 0.05) is 31.1 Å². The van der Waals surface area contributed by atoms with Crippen LogP contribution in [0.4, 0.5) is 5.69 Å². The number of hydrogen-bond acceptors (Lipinski definition) is 3. The minimum atomic E-state index is 0.0472. The molecule has 1 aromatic heterocycles. The zero-order valence-corrected chi connectivity index (χ0v) is 17.8. The molecular formula is C26H25N3O2. The molecule has 3 aromatic carbocycles. The number of hydrogen-bond donors (Lipinski definition) is 0. The van der Waals surface area contributed by atoms with Gasteiger partial charge in [-0.1, -0.05) is 36.4 Å². The Balaban J connectivity index is 1.51. The molecule has 1 saturated heterocycles. The van der Waals surface area contributed by atoms with Crippen molar-refractivity contribution in [1.82, 2.24) is 9.55 Å². The Morgan fingerprint density at radius 3 is 2.52 bits per heavy atom. The summed E-state index contributed by atoms with van der Waals surface area (Å²) in [7, 11) is 1.64. The monoisotopic (exact) mass is 411 g/mol. The number of benzene rings is 3. The molecule has 2 heterocycles. The maximum absolute atomic E-state index is 12.9. The molecule has 5 heteroatoms. The van der Waals surface area contributed by atoms with E-state index in [1.165, 1.54) is 11.1 Å². The Kier molecular flexibility index (Phi) is 4.94. The van der Waals surface area contributed by atoms with Crippen molar-refractivity contribution in [2.24, 2.45) is 0 Å². The van der Waals surface area contributed by atoms with E-state index >= 15 is 0 Å². The van der Waals surface area contributed by atoms with Crippen molar-refractivity contribution in [2.45, 2.75) is 25.8 Å². The van der Waals surface area contributed by atoms with Crippen LogP contribution in [0, 0.1) is 6.92 Å². The van der Waals surface area contributed by atoms with Crippen LogP contribution in [-0.4, -0.2) is 29.1 Å². The Hall–Kier alpha value is -3.60. The highest BCUT2D eigenvalue weighted by atomic mass is 16.5. The molecule has 1 amide bonds. The normalized spacial score (nSPS) is 16.3. The number of aromatic nitrogens is 2. The molecule has 156 valence electrons. The first-order chi connectivity index (χ1) is 15.1. The number of imidazole rings is 1. The van der Waals surface area contributed by atoms with Crippen molar-refractivity contribution in [2.75, 3.05) is 18.6 Å². The van der Waals surface area contributed by atoms with Crippen LogP contribution in [0.15, 0.2) is 72.8 Å². The van der Waals surface area contributed by atoms with E-state index in [1.54, 1.807) is 7.11 Å². The van der Waals surface area contributed by atoms with Gasteiger partial charge in [-0.25, -0.2) is 4.98 Å². The van der Waals surface area contributed by atoms with Crippen molar-refractivity contribution >= 4 is 22.6 Å². The van der Waals surface area contributed by atoms with Gasteiger partial charge in [0.05, 0.1) is 18.1 Å². The number of carbonyl (C=O) groups excluding carboxylic acids is 1. The molecule has 5 rings (SSSR count). The van der Waals surface area contributed by atoms with Gasteiger partial charge in [0.25, 0.3) is 0 Å². The quantitative estimate of drug-likeness (QED) is 0.468. The molecule has 0 bridgehead atoms. The van der Waals surface area contributed by atoms with Crippen LogP contribution < -0.4 is 9.64 Å². The number of rotatable bonds is 5. The Morgan fingerprint density at radius 1 is 1.00 bits per heavy atom. The summed E-state index contributed by atoms with van der Waals surface area (Å²) in [5, 5.41) is 0. The fourth-order valence-corrected chi connectivity index (χ4v) is 4.42. The van der Waals surface area contributed by atoms with Gasteiger partial charge in [0.15, 0.2) is 0 Å². The minimum absolute atomic E-state index is 0.0472. The first-order valence-electron chi connectivity index (χ1n) is 10.6. The number of aryl methyl sites for hydroxylation is 1. The molecule has 4 aromatic rings. The van der Waals surface area contributed by atoms with Gasteiger partial charge in [-0.2, -0.15) is 0 Å². The summed E-state index contributed by atoms with van der Waals surface area (Å²) in [5.41, 5.74) is 5.50. The van der Waals surface area contributed by atoms with Crippen LogP contribution >= 0.6 is 0 Å². The molecule has 31 heavy (non-hydrogen) atoms.